The van der Waals surface area contributed by atoms with Crippen LogP contribution in [-0.4, -0.2) is 28.4 Å². The van der Waals surface area contributed by atoms with E-state index in [4.69, 9.17) is 9.84 Å². The van der Waals surface area contributed by atoms with E-state index >= 15 is 0 Å². The first-order valence-electron chi connectivity index (χ1n) is 6.99. The van der Waals surface area contributed by atoms with Gasteiger partial charge in [0.15, 0.2) is 0 Å². The molecule has 19 heavy (non-hydrogen) atoms. The molecule has 4 saturated carbocycles. The molecule has 0 radical (unpaired) electrons. The molecule has 1 N–H and O–H groups in total. The monoisotopic (exact) mass is 284 g/mol. The Morgan fingerprint density at radius 3 is 2.37 bits per heavy atom. The number of carboxylic acid groups (broad SMARTS) is 1. The average molecular weight is 284 g/mol. The molecule has 0 aliphatic heterocycles. The highest BCUT2D eigenvalue weighted by Gasteiger charge is 2.59. The van der Waals surface area contributed by atoms with Crippen molar-refractivity contribution in [2.24, 2.45) is 17.3 Å². The van der Waals surface area contributed by atoms with Gasteiger partial charge in [0, 0.05) is 0 Å². The largest absolute Gasteiger partial charge is 0.481 e. The standard InChI is InChI=1S/C14H20O4S/c15-11(16)6-13-2-9-1-10(3-13)5-14(4-9,8-13)18-12(17)7-19/h9-10,19H,1-8H2,(H,15,16). The summed E-state index contributed by atoms with van der Waals surface area (Å²) < 4.78 is 5.70. The molecule has 0 saturated heterocycles. The average Bonchev–Trinajstić information content (AvgIpc) is 2.24. The van der Waals surface area contributed by atoms with Crippen LogP contribution in [0.3, 0.4) is 0 Å². The number of thiol groups is 1. The fourth-order valence-electron chi connectivity index (χ4n) is 5.29. The molecule has 0 amide bonds. The number of rotatable bonds is 4. The molecule has 4 bridgehead atoms. The van der Waals surface area contributed by atoms with E-state index in [9.17, 15) is 9.59 Å². The molecule has 2 unspecified atom stereocenters. The molecule has 4 nitrogen and oxygen atoms in total. The van der Waals surface area contributed by atoms with E-state index in [0.717, 1.165) is 32.1 Å². The normalized spacial score (nSPS) is 43.2. The topological polar surface area (TPSA) is 63.6 Å². The van der Waals surface area contributed by atoms with Gasteiger partial charge in [0.1, 0.15) is 5.60 Å². The summed E-state index contributed by atoms with van der Waals surface area (Å²) in [7, 11) is 0. The zero-order valence-corrected chi connectivity index (χ0v) is 11.8. The molecule has 4 rings (SSSR count). The Morgan fingerprint density at radius 1 is 1.21 bits per heavy atom. The van der Waals surface area contributed by atoms with Crippen molar-refractivity contribution in [3.05, 3.63) is 0 Å². The van der Waals surface area contributed by atoms with Crippen molar-refractivity contribution >= 4 is 24.6 Å². The Hall–Kier alpha value is -0.710. The van der Waals surface area contributed by atoms with Crippen molar-refractivity contribution < 1.29 is 19.4 Å². The van der Waals surface area contributed by atoms with Gasteiger partial charge in [-0.15, -0.1) is 0 Å². The lowest BCUT2D eigenvalue weighted by Crippen LogP contribution is -2.57. The second-order valence-electron chi connectivity index (χ2n) is 6.85. The van der Waals surface area contributed by atoms with E-state index in [1.54, 1.807) is 0 Å². The fourth-order valence-corrected chi connectivity index (χ4v) is 5.35. The Bertz CT molecular complexity index is 406. The Morgan fingerprint density at radius 2 is 1.84 bits per heavy atom. The lowest BCUT2D eigenvalue weighted by Gasteiger charge is -2.61. The highest BCUT2D eigenvalue weighted by Crippen LogP contribution is 2.63. The van der Waals surface area contributed by atoms with E-state index in [1.165, 1.54) is 6.42 Å². The molecule has 2 atom stereocenters. The summed E-state index contributed by atoms with van der Waals surface area (Å²) in [6, 6.07) is 0. The minimum Gasteiger partial charge on any atom is -0.481 e. The number of aliphatic carboxylic acids is 1. The third-order valence-corrected chi connectivity index (χ3v) is 5.37. The third-order valence-electron chi connectivity index (χ3n) is 5.11. The van der Waals surface area contributed by atoms with Crippen LogP contribution in [0.15, 0.2) is 0 Å². The predicted molar refractivity (Wildman–Crippen MR) is 72.0 cm³/mol. The molecule has 0 aromatic rings. The Labute approximate surface area is 118 Å². The molecular formula is C14H20O4S. The second kappa shape index (κ2) is 4.40. The number of carbonyl (C=O) groups is 2. The predicted octanol–water partition coefficient (Wildman–Crippen LogP) is 2.27. The van der Waals surface area contributed by atoms with Gasteiger partial charge in [-0.1, -0.05) is 0 Å². The lowest BCUT2D eigenvalue weighted by atomic mass is 9.47. The molecular weight excluding hydrogens is 264 g/mol. The maximum Gasteiger partial charge on any atom is 0.316 e. The number of ether oxygens (including phenoxy) is 1. The van der Waals surface area contributed by atoms with Crippen molar-refractivity contribution in [2.45, 2.75) is 50.5 Å². The minimum absolute atomic E-state index is 0.100. The van der Waals surface area contributed by atoms with Crippen molar-refractivity contribution in [3.63, 3.8) is 0 Å². The summed E-state index contributed by atoms with van der Waals surface area (Å²) in [5.41, 5.74) is -0.522. The zero-order valence-electron chi connectivity index (χ0n) is 10.9. The summed E-state index contributed by atoms with van der Waals surface area (Å²) in [4.78, 5) is 22.8. The van der Waals surface area contributed by atoms with E-state index in [-0.39, 0.29) is 29.2 Å². The van der Waals surface area contributed by atoms with Crippen LogP contribution in [0.4, 0.5) is 0 Å². The van der Waals surface area contributed by atoms with Crippen molar-refractivity contribution in [1.82, 2.24) is 0 Å². The van der Waals surface area contributed by atoms with Crippen LogP contribution in [0.5, 0.6) is 0 Å². The first-order chi connectivity index (χ1) is 8.94. The highest BCUT2D eigenvalue weighted by molar-refractivity contribution is 7.81. The maximum absolute atomic E-state index is 11.6. The Balaban J connectivity index is 1.84. The third kappa shape index (κ3) is 2.37. The van der Waals surface area contributed by atoms with Crippen LogP contribution in [0.2, 0.25) is 0 Å². The summed E-state index contributed by atoms with van der Waals surface area (Å²) >= 11 is 3.97. The van der Waals surface area contributed by atoms with Crippen LogP contribution in [-0.2, 0) is 14.3 Å². The molecule has 4 fully saturated rings. The summed E-state index contributed by atoms with van der Waals surface area (Å²) in [6.45, 7) is 0. The van der Waals surface area contributed by atoms with Gasteiger partial charge in [-0.25, -0.2) is 0 Å². The van der Waals surface area contributed by atoms with Gasteiger partial charge in [0.2, 0.25) is 0 Å². The van der Waals surface area contributed by atoms with E-state index < -0.39 is 5.97 Å². The van der Waals surface area contributed by atoms with Gasteiger partial charge in [-0.05, 0) is 55.8 Å². The van der Waals surface area contributed by atoms with E-state index in [2.05, 4.69) is 12.6 Å². The van der Waals surface area contributed by atoms with Crippen molar-refractivity contribution in [2.75, 3.05) is 5.75 Å². The maximum atomic E-state index is 11.6. The van der Waals surface area contributed by atoms with E-state index in [0.29, 0.717) is 11.8 Å². The van der Waals surface area contributed by atoms with Crippen LogP contribution >= 0.6 is 12.6 Å². The van der Waals surface area contributed by atoms with Crippen LogP contribution in [0, 0.1) is 17.3 Å². The van der Waals surface area contributed by atoms with Gasteiger partial charge < -0.3 is 9.84 Å². The molecule has 4 aliphatic carbocycles. The first kappa shape index (κ1) is 13.3. The molecule has 5 heteroatoms. The van der Waals surface area contributed by atoms with Crippen molar-refractivity contribution in [3.8, 4) is 0 Å². The van der Waals surface area contributed by atoms with Gasteiger partial charge >= 0.3 is 11.9 Å². The smallest absolute Gasteiger partial charge is 0.316 e. The second-order valence-corrected chi connectivity index (χ2v) is 7.16. The number of hydrogen-bond donors (Lipinski definition) is 2. The highest BCUT2D eigenvalue weighted by atomic mass is 32.1. The number of carboxylic acids is 1. The fraction of sp³-hybridized carbons (Fsp3) is 0.857. The molecule has 0 spiro atoms. The summed E-state index contributed by atoms with van der Waals surface area (Å²) in [6.07, 6.45) is 5.97. The van der Waals surface area contributed by atoms with Gasteiger partial charge in [-0.3, -0.25) is 9.59 Å². The summed E-state index contributed by atoms with van der Waals surface area (Å²) in [5.74, 6) is 0.179. The first-order valence-corrected chi connectivity index (χ1v) is 7.62. The number of esters is 1. The molecule has 0 aromatic carbocycles. The molecule has 106 valence electrons. The van der Waals surface area contributed by atoms with Crippen molar-refractivity contribution in [1.29, 1.82) is 0 Å². The van der Waals surface area contributed by atoms with Crippen LogP contribution in [0.25, 0.3) is 0 Å². The SMILES string of the molecule is O=C(O)CC12CC3CC(C1)CC(OC(=O)CS)(C3)C2. The number of hydrogen-bond acceptors (Lipinski definition) is 4. The number of carbonyl (C=O) groups excluding carboxylic acids is 1. The molecule has 4 aliphatic rings. The van der Waals surface area contributed by atoms with Crippen LogP contribution < -0.4 is 0 Å². The van der Waals surface area contributed by atoms with Gasteiger partial charge in [0.05, 0.1) is 12.2 Å². The van der Waals surface area contributed by atoms with Gasteiger partial charge in [0.25, 0.3) is 0 Å². The van der Waals surface area contributed by atoms with Gasteiger partial charge in [-0.2, -0.15) is 12.6 Å². The quantitative estimate of drug-likeness (QED) is 0.614. The zero-order chi connectivity index (χ0) is 13.7. The Kier molecular flexibility index (Phi) is 3.08. The van der Waals surface area contributed by atoms with Crippen LogP contribution in [0.1, 0.15) is 44.9 Å². The molecule has 0 aromatic heterocycles. The summed E-state index contributed by atoms with van der Waals surface area (Å²) in [5, 5.41) is 9.17. The minimum atomic E-state index is -0.724. The van der Waals surface area contributed by atoms with E-state index in [1.807, 2.05) is 0 Å². The lowest BCUT2D eigenvalue weighted by molar-refractivity contribution is -0.201. The molecule has 0 heterocycles.